The monoisotopic (exact) mass is 459 g/mol. The summed E-state index contributed by atoms with van der Waals surface area (Å²) in [5, 5.41) is 5.12. The van der Waals surface area contributed by atoms with Crippen LogP contribution < -0.4 is 0 Å². The van der Waals surface area contributed by atoms with Gasteiger partial charge in [0.2, 0.25) is 0 Å². The average Bonchev–Trinajstić information content (AvgIpc) is 3.27. The highest BCUT2D eigenvalue weighted by Gasteiger charge is 2.23. The fourth-order valence-electron chi connectivity index (χ4n) is 5.67. The lowest BCUT2D eigenvalue weighted by atomic mass is 9.88. The van der Waals surface area contributed by atoms with E-state index in [-0.39, 0.29) is 0 Å². The van der Waals surface area contributed by atoms with Crippen LogP contribution in [0, 0.1) is 6.92 Å². The van der Waals surface area contributed by atoms with Crippen molar-refractivity contribution < 1.29 is 0 Å². The Labute approximate surface area is 210 Å². The Kier molecular flexibility index (Phi) is 4.75. The van der Waals surface area contributed by atoms with Crippen LogP contribution in [-0.2, 0) is 0 Å². The number of nitrogens with zero attached hydrogens (tertiary/aromatic N) is 1. The predicted octanol–water partition coefficient (Wildman–Crippen LogP) is 9.58. The van der Waals surface area contributed by atoms with Crippen LogP contribution in [0.4, 0.5) is 0 Å². The molecule has 1 nitrogen and oxygen atoms in total. The summed E-state index contributed by atoms with van der Waals surface area (Å²) in [5.74, 6) is 0. The average molecular weight is 460 g/mol. The lowest BCUT2D eigenvalue weighted by Gasteiger charge is -2.18. The highest BCUT2D eigenvalue weighted by atomic mass is 15.0. The van der Waals surface area contributed by atoms with Crippen LogP contribution in [0.2, 0.25) is 0 Å². The summed E-state index contributed by atoms with van der Waals surface area (Å²) in [6.07, 6.45) is 0. The number of fused-ring (bicyclic) bond motifs is 4. The van der Waals surface area contributed by atoms with Crippen molar-refractivity contribution in [3.63, 3.8) is 0 Å². The fourth-order valence-corrected chi connectivity index (χ4v) is 5.67. The van der Waals surface area contributed by atoms with E-state index in [2.05, 4.69) is 145 Å². The first-order valence-electron chi connectivity index (χ1n) is 12.5. The summed E-state index contributed by atoms with van der Waals surface area (Å²) >= 11 is 0. The van der Waals surface area contributed by atoms with E-state index < -0.39 is 0 Å². The minimum Gasteiger partial charge on any atom is -0.309 e. The molecule has 6 aromatic carbocycles. The number of para-hydroxylation sites is 1. The van der Waals surface area contributed by atoms with Gasteiger partial charge in [0.05, 0.1) is 11.0 Å². The van der Waals surface area contributed by atoms with Crippen LogP contribution in [0.15, 0.2) is 133 Å². The molecule has 0 aliphatic rings. The zero-order valence-electron chi connectivity index (χ0n) is 20.1. The molecule has 0 saturated heterocycles. The number of aromatic nitrogens is 1. The van der Waals surface area contributed by atoms with E-state index >= 15 is 0 Å². The third-order valence-electron chi connectivity index (χ3n) is 7.24. The molecule has 0 aliphatic heterocycles. The Balaban J connectivity index is 1.81. The number of aryl methyl sites for hydroxylation is 1. The summed E-state index contributed by atoms with van der Waals surface area (Å²) in [5.41, 5.74) is 9.96. The molecule has 1 heterocycles. The second kappa shape index (κ2) is 8.25. The van der Waals surface area contributed by atoms with E-state index in [0.717, 1.165) is 0 Å². The van der Waals surface area contributed by atoms with Gasteiger partial charge in [-0.2, -0.15) is 0 Å². The number of hydrogen-bond donors (Lipinski definition) is 0. The molecule has 7 rings (SSSR count). The van der Waals surface area contributed by atoms with Gasteiger partial charge in [-0.1, -0.05) is 121 Å². The highest BCUT2D eigenvalue weighted by molar-refractivity contribution is 6.28. The Morgan fingerprint density at radius 1 is 0.444 bits per heavy atom. The fraction of sp³-hybridized carbons (Fsp3) is 0.0286. The Morgan fingerprint density at radius 3 is 1.58 bits per heavy atom. The van der Waals surface area contributed by atoms with Gasteiger partial charge in [-0.25, -0.2) is 0 Å². The van der Waals surface area contributed by atoms with Gasteiger partial charge in [-0.15, -0.1) is 0 Å². The summed E-state index contributed by atoms with van der Waals surface area (Å²) in [4.78, 5) is 0. The lowest BCUT2D eigenvalue weighted by molar-refractivity contribution is 1.18. The van der Waals surface area contributed by atoms with E-state index in [1.54, 1.807) is 0 Å². The van der Waals surface area contributed by atoms with Gasteiger partial charge in [-0.05, 0) is 52.6 Å². The molecule has 0 radical (unpaired) electrons. The van der Waals surface area contributed by atoms with E-state index in [4.69, 9.17) is 0 Å². The molecule has 0 fully saturated rings. The molecule has 1 aromatic heterocycles. The topological polar surface area (TPSA) is 4.93 Å². The summed E-state index contributed by atoms with van der Waals surface area (Å²) in [6.45, 7) is 2.14. The molecule has 0 spiro atoms. The molecule has 0 amide bonds. The van der Waals surface area contributed by atoms with E-state index in [1.165, 1.54) is 66.1 Å². The lowest BCUT2D eigenvalue weighted by Crippen LogP contribution is -1.97. The van der Waals surface area contributed by atoms with Crippen molar-refractivity contribution in [3.05, 3.63) is 139 Å². The van der Waals surface area contributed by atoms with Crippen LogP contribution in [-0.4, -0.2) is 4.57 Å². The molecule has 0 aliphatic carbocycles. The van der Waals surface area contributed by atoms with Gasteiger partial charge in [0.1, 0.15) is 0 Å². The maximum absolute atomic E-state index is 2.46. The Hall–Kier alpha value is -4.62. The molecule has 7 aromatic rings. The van der Waals surface area contributed by atoms with Crippen LogP contribution in [0.3, 0.4) is 0 Å². The van der Waals surface area contributed by atoms with E-state index in [9.17, 15) is 0 Å². The molecule has 0 atom stereocenters. The van der Waals surface area contributed by atoms with Gasteiger partial charge < -0.3 is 4.57 Å². The second-order valence-electron chi connectivity index (χ2n) is 9.44. The van der Waals surface area contributed by atoms with Gasteiger partial charge in [0.25, 0.3) is 0 Å². The smallest absolute Gasteiger partial charge is 0.0632 e. The summed E-state index contributed by atoms with van der Waals surface area (Å²) in [6, 6.07) is 48.3. The number of benzene rings is 6. The standard InChI is InChI=1S/C35H25N/c1-24-20-22-27(23-21-24)36-31-19-11-10-18-30(31)34-32(25-12-4-2-5-13-25)28-16-8-9-17-29(28)33(35(34)36)26-14-6-3-7-15-26/h2-23H,1H3. The van der Waals surface area contributed by atoms with Crippen molar-refractivity contribution in [2.45, 2.75) is 6.92 Å². The third-order valence-corrected chi connectivity index (χ3v) is 7.24. The van der Waals surface area contributed by atoms with Crippen molar-refractivity contribution >= 4 is 32.6 Å². The normalized spacial score (nSPS) is 11.5. The van der Waals surface area contributed by atoms with Crippen molar-refractivity contribution in [2.75, 3.05) is 0 Å². The first-order valence-corrected chi connectivity index (χ1v) is 12.5. The van der Waals surface area contributed by atoms with Crippen molar-refractivity contribution in [2.24, 2.45) is 0 Å². The highest BCUT2D eigenvalue weighted by Crippen LogP contribution is 2.48. The SMILES string of the molecule is Cc1ccc(-n2c3ccccc3c3c(-c4ccccc4)c4ccccc4c(-c4ccccc4)c32)cc1. The third kappa shape index (κ3) is 3.10. The van der Waals surface area contributed by atoms with Crippen molar-refractivity contribution in [1.29, 1.82) is 0 Å². The van der Waals surface area contributed by atoms with Crippen LogP contribution >= 0.6 is 0 Å². The first-order chi connectivity index (χ1) is 17.8. The maximum Gasteiger partial charge on any atom is 0.0632 e. The second-order valence-corrected chi connectivity index (χ2v) is 9.44. The van der Waals surface area contributed by atoms with Gasteiger partial charge in [0, 0.05) is 22.0 Å². The number of rotatable bonds is 3. The van der Waals surface area contributed by atoms with Gasteiger partial charge in [0.15, 0.2) is 0 Å². The number of hydrogen-bond acceptors (Lipinski definition) is 0. The largest absolute Gasteiger partial charge is 0.309 e. The molecular formula is C35H25N. The zero-order chi connectivity index (χ0) is 24.1. The van der Waals surface area contributed by atoms with Crippen molar-refractivity contribution in [3.8, 4) is 27.9 Å². The molecule has 36 heavy (non-hydrogen) atoms. The first kappa shape index (κ1) is 20.7. The minimum absolute atomic E-state index is 1.18. The van der Waals surface area contributed by atoms with Crippen LogP contribution in [0.25, 0.3) is 60.5 Å². The van der Waals surface area contributed by atoms with Crippen LogP contribution in [0.1, 0.15) is 5.56 Å². The Morgan fingerprint density at radius 2 is 0.944 bits per heavy atom. The van der Waals surface area contributed by atoms with E-state index in [1.807, 2.05) is 0 Å². The predicted molar refractivity (Wildman–Crippen MR) is 154 cm³/mol. The molecule has 0 unspecified atom stereocenters. The van der Waals surface area contributed by atoms with E-state index in [0.29, 0.717) is 0 Å². The quantitative estimate of drug-likeness (QED) is 0.248. The molecule has 170 valence electrons. The maximum atomic E-state index is 2.46. The Bertz CT molecular complexity index is 1860. The summed E-state index contributed by atoms with van der Waals surface area (Å²) < 4.78 is 2.46. The summed E-state index contributed by atoms with van der Waals surface area (Å²) in [7, 11) is 0. The van der Waals surface area contributed by atoms with Gasteiger partial charge in [-0.3, -0.25) is 0 Å². The molecule has 0 N–H and O–H groups in total. The molecule has 0 bridgehead atoms. The van der Waals surface area contributed by atoms with Gasteiger partial charge >= 0.3 is 0 Å². The molecule has 1 heteroatoms. The van der Waals surface area contributed by atoms with Crippen LogP contribution in [0.5, 0.6) is 0 Å². The minimum atomic E-state index is 1.18. The zero-order valence-corrected chi connectivity index (χ0v) is 20.1. The van der Waals surface area contributed by atoms with Crippen molar-refractivity contribution in [1.82, 2.24) is 4.57 Å². The molecule has 0 saturated carbocycles. The molecular weight excluding hydrogens is 434 g/mol.